The molecule has 1 aliphatic rings. The van der Waals surface area contributed by atoms with Crippen LogP contribution in [-0.4, -0.2) is 12.6 Å². The van der Waals surface area contributed by atoms with E-state index in [0.717, 1.165) is 27.9 Å². The molecule has 0 radical (unpaired) electrons. The van der Waals surface area contributed by atoms with Gasteiger partial charge in [0.05, 0.1) is 0 Å². The third kappa shape index (κ3) is 3.32. The Morgan fingerprint density at radius 1 is 1.41 bits per heavy atom. The first-order chi connectivity index (χ1) is 8.20. The van der Waals surface area contributed by atoms with E-state index in [1.54, 1.807) is 0 Å². The van der Waals surface area contributed by atoms with Gasteiger partial charge < -0.3 is 11.1 Å². The Balaban J connectivity index is 2.11. The first kappa shape index (κ1) is 13.1. The highest BCUT2D eigenvalue weighted by molar-refractivity contribution is 9.10. The van der Waals surface area contributed by atoms with Crippen LogP contribution >= 0.6 is 27.5 Å². The minimum atomic E-state index is 0.125. The van der Waals surface area contributed by atoms with Crippen molar-refractivity contribution >= 4 is 27.5 Å². The smallest absolute Gasteiger partial charge is 0.0465 e. The molecule has 17 heavy (non-hydrogen) atoms. The van der Waals surface area contributed by atoms with Gasteiger partial charge in [0.1, 0.15) is 0 Å². The summed E-state index contributed by atoms with van der Waals surface area (Å²) in [4.78, 5) is 0. The van der Waals surface area contributed by atoms with Crippen molar-refractivity contribution < 1.29 is 0 Å². The summed E-state index contributed by atoms with van der Waals surface area (Å²) in [6.07, 6.45) is 6.55. The second-order valence-electron chi connectivity index (χ2n) is 4.26. The molecule has 0 amide bonds. The SMILES string of the molecule is NCC(NC1CC=CC1)c1ccc(Br)cc1Cl. The zero-order valence-electron chi connectivity index (χ0n) is 9.50. The van der Waals surface area contributed by atoms with E-state index in [4.69, 9.17) is 17.3 Å². The van der Waals surface area contributed by atoms with Crippen LogP contribution in [0.25, 0.3) is 0 Å². The van der Waals surface area contributed by atoms with Gasteiger partial charge in [-0.1, -0.05) is 45.7 Å². The molecule has 0 heterocycles. The monoisotopic (exact) mass is 314 g/mol. The molecule has 0 aromatic heterocycles. The minimum absolute atomic E-state index is 0.125. The van der Waals surface area contributed by atoms with Crippen LogP contribution < -0.4 is 11.1 Å². The number of hydrogen-bond acceptors (Lipinski definition) is 2. The van der Waals surface area contributed by atoms with Crippen LogP contribution in [0.5, 0.6) is 0 Å². The molecule has 1 aliphatic carbocycles. The van der Waals surface area contributed by atoms with Crippen LogP contribution in [0.2, 0.25) is 5.02 Å². The molecule has 0 spiro atoms. The lowest BCUT2D eigenvalue weighted by Gasteiger charge is -2.23. The average Bonchev–Trinajstić information content (AvgIpc) is 2.79. The summed E-state index contributed by atoms with van der Waals surface area (Å²) in [5.41, 5.74) is 6.91. The van der Waals surface area contributed by atoms with Crippen molar-refractivity contribution in [2.75, 3.05) is 6.54 Å². The van der Waals surface area contributed by atoms with Crippen molar-refractivity contribution in [1.82, 2.24) is 5.32 Å². The van der Waals surface area contributed by atoms with E-state index >= 15 is 0 Å². The highest BCUT2D eigenvalue weighted by Gasteiger charge is 2.18. The predicted molar refractivity (Wildman–Crippen MR) is 76.2 cm³/mol. The number of nitrogens with two attached hydrogens (primary N) is 1. The molecule has 1 aromatic carbocycles. The molecular formula is C13H16BrClN2. The summed E-state index contributed by atoms with van der Waals surface area (Å²) in [5.74, 6) is 0. The fourth-order valence-corrected chi connectivity index (χ4v) is 2.91. The van der Waals surface area contributed by atoms with E-state index in [0.29, 0.717) is 12.6 Å². The van der Waals surface area contributed by atoms with Gasteiger partial charge >= 0.3 is 0 Å². The highest BCUT2D eigenvalue weighted by atomic mass is 79.9. The molecule has 2 nitrogen and oxygen atoms in total. The summed E-state index contributed by atoms with van der Waals surface area (Å²) in [5, 5.41) is 4.31. The Kier molecular flexibility index (Phi) is 4.62. The molecule has 4 heteroatoms. The lowest BCUT2D eigenvalue weighted by atomic mass is 10.1. The van der Waals surface area contributed by atoms with E-state index in [9.17, 15) is 0 Å². The Hall–Kier alpha value is -0.350. The average molecular weight is 316 g/mol. The highest BCUT2D eigenvalue weighted by Crippen LogP contribution is 2.27. The molecule has 1 unspecified atom stereocenters. The summed E-state index contributed by atoms with van der Waals surface area (Å²) >= 11 is 9.66. The normalized spacial score (nSPS) is 17.6. The van der Waals surface area contributed by atoms with Crippen LogP contribution in [0, 0.1) is 0 Å². The minimum Gasteiger partial charge on any atom is -0.329 e. The molecule has 0 aliphatic heterocycles. The molecule has 0 fully saturated rings. The quantitative estimate of drug-likeness (QED) is 0.836. The van der Waals surface area contributed by atoms with Crippen LogP contribution in [-0.2, 0) is 0 Å². The van der Waals surface area contributed by atoms with E-state index in [1.165, 1.54) is 0 Å². The number of halogens is 2. The van der Waals surface area contributed by atoms with Gasteiger partial charge in [0.25, 0.3) is 0 Å². The fraction of sp³-hybridized carbons (Fsp3) is 0.385. The number of benzene rings is 1. The van der Waals surface area contributed by atoms with Crippen LogP contribution in [0.4, 0.5) is 0 Å². The first-order valence-corrected chi connectivity index (χ1v) is 6.94. The summed E-state index contributed by atoms with van der Waals surface area (Å²) in [7, 11) is 0. The lowest BCUT2D eigenvalue weighted by molar-refractivity contribution is 0.453. The van der Waals surface area contributed by atoms with Gasteiger partial charge in [0, 0.05) is 28.1 Å². The van der Waals surface area contributed by atoms with Crippen molar-refractivity contribution in [3.8, 4) is 0 Å². The number of hydrogen-bond donors (Lipinski definition) is 2. The van der Waals surface area contributed by atoms with E-state index in [2.05, 4.69) is 33.4 Å². The number of rotatable bonds is 4. The summed E-state index contributed by atoms with van der Waals surface area (Å²) < 4.78 is 0.990. The predicted octanol–water partition coefficient (Wildman–Crippen LogP) is 3.41. The van der Waals surface area contributed by atoms with E-state index in [1.807, 2.05) is 18.2 Å². The Morgan fingerprint density at radius 2 is 2.12 bits per heavy atom. The van der Waals surface area contributed by atoms with Crippen LogP contribution in [0.3, 0.4) is 0 Å². The van der Waals surface area contributed by atoms with E-state index < -0.39 is 0 Å². The van der Waals surface area contributed by atoms with Crippen LogP contribution in [0.1, 0.15) is 24.4 Å². The number of nitrogens with one attached hydrogen (secondary N) is 1. The van der Waals surface area contributed by atoms with Crippen molar-refractivity contribution in [1.29, 1.82) is 0 Å². The van der Waals surface area contributed by atoms with Gasteiger partial charge in [-0.3, -0.25) is 0 Å². The Bertz CT molecular complexity index is 412. The topological polar surface area (TPSA) is 38.0 Å². The molecule has 1 atom stereocenters. The molecule has 0 saturated carbocycles. The van der Waals surface area contributed by atoms with E-state index in [-0.39, 0.29) is 6.04 Å². The third-order valence-electron chi connectivity index (χ3n) is 3.02. The van der Waals surface area contributed by atoms with Crippen molar-refractivity contribution in [3.63, 3.8) is 0 Å². The molecule has 0 saturated heterocycles. The molecule has 2 rings (SSSR count). The first-order valence-electron chi connectivity index (χ1n) is 5.76. The molecule has 3 N–H and O–H groups in total. The zero-order chi connectivity index (χ0) is 12.3. The largest absolute Gasteiger partial charge is 0.329 e. The van der Waals surface area contributed by atoms with Crippen molar-refractivity contribution in [3.05, 3.63) is 45.4 Å². The van der Waals surface area contributed by atoms with Gasteiger partial charge in [-0.05, 0) is 30.5 Å². The van der Waals surface area contributed by atoms with Crippen LogP contribution in [0.15, 0.2) is 34.8 Å². The summed E-state index contributed by atoms with van der Waals surface area (Å²) in [6, 6.07) is 6.55. The maximum atomic E-state index is 6.25. The van der Waals surface area contributed by atoms with Gasteiger partial charge in [-0.2, -0.15) is 0 Å². The second-order valence-corrected chi connectivity index (χ2v) is 5.58. The van der Waals surface area contributed by atoms with Gasteiger partial charge in [-0.15, -0.1) is 0 Å². The molecule has 92 valence electrons. The van der Waals surface area contributed by atoms with Gasteiger partial charge in [0.15, 0.2) is 0 Å². The van der Waals surface area contributed by atoms with Gasteiger partial charge in [0.2, 0.25) is 0 Å². The standard InChI is InChI=1S/C13H16BrClN2/c14-9-5-6-11(12(15)7-9)13(8-16)17-10-3-1-2-4-10/h1-2,5-7,10,13,17H,3-4,8,16H2. The second kappa shape index (κ2) is 6.01. The van der Waals surface area contributed by atoms with Crippen molar-refractivity contribution in [2.24, 2.45) is 5.73 Å². The third-order valence-corrected chi connectivity index (χ3v) is 3.84. The fourth-order valence-electron chi connectivity index (χ4n) is 2.11. The Morgan fingerprint density at radius 3 is 2.71 bits per heavy atom. The Labute approximate surface area is 115 Å². The lowest BCUT2D eigenvalue weighted by Crippen LogP contribution is -2.35. The zero-order valence-corrected chi connectivity index (χ0v) is 11.8. The molecule has 1 aromatic rings. The molecule has 0 bridgehead atoms. The molecular weight excluding hydrogens is 300 g/mol. The van der Waals surface area contributed by atoms with Gasteiger partial charge in [-0.25, -0.2) is 0 Å². The maximum absolute atomic E-state index is 6.25. The summed E-state index contributed by atoms with van der Waals surface area (Å²) in [6.45, 7) is 0.553. The maximum Gasteiger partial charge on any atom is 0.0465 e. The van der Waals surface area contributed by atoms with Crippen molar-refractivity contribution in [2.45, 2.75) is 24.9 Å².